The highest BCUT2D eigenvalue weighted by atomic mass is 19.1. The van der Waals surface area contributed by atoms with E-state index in [9.17, 15) is 14.9 Å². The Kier molecular flexibility index (Phi) is 8.03. The van der Waals surface area contributed by atoms with Gasteiger partial charge in [0.05, 0.1) is 31.5 Å². The Bertz CT molecular complexity index is 1590. The van der Waals surface area contributed by atoms with Gasteiger partial charge in [0.2, 0.25) is 0 Å². The van der Waals surface area contributed by atoms with Crippen molar-refractivity contribution in [3.63, 3.8) is 0 Å². The van der Waals surface area contributed by atoms with Crippen molar-refractivity contribution in [2.24, 2.45) is 0 Å². The van der Waals surface area contributed by atoms with Crippen molar-refractivity contribution in [2.75, 3.05) is 19.1 Å². The summed E-state index contributed by atoms with van der Waals surface area (Å²) in [4.78, 5) is 33.0. The highest BCUT2D eigenvalue weighted by Gasteiger charge is 2.46. The maximum absolute atomic E-state index is 16.9. The van der Waals surface area contributed by atoms with E-state index in [1.54, 1.807) is 35.2 Å². The molecular weight excluding hydrogens is 551 g/mol. The zero-order valence-corrected chi connectivity index (χ0v) is 25.8. The third-order valence-electron chi connectivity index (χ3n) is 8.40. The molecule has 43 heavy (non-hydrogen) atoms. The highest BCUT2D eigenvalue weighted by molar-refractivity contribution is 6.10. The van der Waals surface area contributed by atoms with Crippen molar-refractivity contribution in [3.8, 4) is 11.8 Å². The molecule has 2 fully saturated rings. The second-order valence-electron chi connectivity index (χ2n) is 12.6. The number of esters is 1. The van der Waals surface area contributed by atoms with Gasteiger partial charge in [-0.15, -0.1) is 0 Å². The van der Waals surface area contributed by atoms with Crippen LogP contribution >= 0.6 is 0 Å². The first-order chi connectivity index (χ1) is 20.4. The van der Waals surface area contributed by atoms with Gasteiger partial charge in [-0.1, -0.05) is 6.07 Å². The number of nitrogens with one attached hydrogen (secondary N) is 1. The van der Waals surface area contributed by atoms with E-state index in [1.165, 1.54) is 14.2 Å². The number of benzene rings is 2. The standard InChI is InChI=1S/C33H39FN4O5/c1-18(2)37(30-28(31(39)42-7)23-11-8-19(17-35)14-24(23)36-30)25-12-13-26(41-6)27(29(25)34)20-15-21-9-10-22(16-20)38(21)32(40)43-33(3,4)5/h8,11-14,18,20-22,36H,9-10,15-16H2,1-7H3. The van der Waals surface area contributed by atoms with Gasteiger partial charge in [-0.25, -0.2) is 14.0 Å². The lowest BCUT2D eigenvalue weighted by molar-refractivity contribution is 0.00567. The topological polar surface area (TPSA) is 108 Å². The zero-order valence-electron chi connectivity index (χ0n) is 25.8. The van der Waals surface area contributed by atoms with Crippen molar-refractivity contribution in [1.82, 2.24) is 9.88 Å². The second kappa shape index (κ2) is 11.4. The van der Waals surface area contributed by atoms with Crippen LogP contribution in [0.3, 0.4) is 0 Å². The summed E-state index contributed by atoms with van der Waals surface area (Å²) >= 11 is 0. The molecule has 2 atom stereocenters. The monoisotopic (exact) mass is 590 g/mol. The summed E-state index contributed by atoms with van der Waals surface area (Å²) in [7, 11) is 2.83. The average molecular weight is 591 g/mol. The van der Waals surface area contributed by atoms with Gasteiger partial charge in [-0.05, 0) is 90.5 Å². The molecule has 2 bridgehead atoms. The van der Waals surface area contributed by atoms with E-state index in [0.29, 0.717) is 46.4 Å². The summed E-state index contributed by atoms with van der Waals surface area (Å²) < 4.78 is 33.5. The van der Waals surface area contributed by atoms with Crippen molar-refractivity contribution in [1.29, 1.82) is 5.26 Å². The van der Waals surface area contributed by atoms with Crippen LogP contribution in [0.5, 0.6) is 5.75 Å². The van der Waals surface area contributed by atoms with Crippen molar-refractivity contribution < 1.29 is 28.2 Å². The van der Waals surface area contributed by atoms with Crippen LogP contribution in [0, 0.1) is 17.1 Å². The molecule has 0 spiro atoms. The van der Waals surface area contributed by atoms with E-state index >= 15 is 4.39 Å². The molecule has 1 N–H and O–H groups in total. The number of carbonyl (C=O) groups excluding carboxylic acids is 2. The number of methoxy groups -OCH3 is 2. The van der Waals surface area contributed by atoms with E-state index in [-0.39, 0.29) is 41.4 Å². The molecule has 9 nitrogen and oxygen atoms in total. The van der Waals surface area contributed by atoms with Crippen molar-refractivity contribution >= 4 is 34.5 Å². The first-order valence-corrected chi connectivity index (χ1v) is 14.7. The number of halogens is 1. The molecule has 1 aromatic heterocycles. The highest BCUT2D eigenvalue weighted by Crippen LogP contribution is 2.49. The molecule has 3 aromatic rings. The lowest BCUT2D eigenvalue weighted by Gasteiger charge is -2.40. The summed E-state index contributed by atoms with van der Waals surface area (Å²) in [6, 6.07) is 10.2. The number of rotatable bonds is 6. The SMILES string of the molecule is COC(=O)c1c(N(c2ccc(OC)c(C3CC4CCC(C3)N4C(=O)OC(C)(C)C)c2F)C(C)C)[nH]c2cc(C#N)ccc12. The number of carbonyl (C=O) groups is 2. The van der Waals surface area contributed by atoms with E-state index in [4.69, 9.17) is 14.2 Å². The fraction of sp³-hybridized carbons (Fsp3) is 0.485. The molecule has 0 aliphatic carbocycles. The van der Waals surface area contributed by atoms with E-state index in [0.717, 1.165) is 12.8 Å². The molecule has 0 radical (unpaired) electrons. The Morgan fingerprint density at radius 2 is 1.79 bits per heavy atom. The van der Waals surface area contributed by atoms with E-state index in [2.05, 4.69) is 11.1 Å². The van der Waals surface area contributed by atoms with Crippen LogP contribution in [0.1, 0.15) is 87.7 Å². The number of aromatic amines is 1. The number of piperidine rings is 1. The van der Waals surface area contributed by atoms with Crippen molar-refractivity contribution in [3.05, 3.63) is 52.8 Å². The maximum atomic E-state index is 16.9. The Hall–Kier alpha value is -4.26. The molecule has 2 saturated heterocycles. The molecule has 2 aliphatic rings. The number of nitriles is 1. The Morgan fingerprint density at radius 3 is 2.35 bits per heavy atom. The van der Waals surface area contributed by atoms with Gasteiger partial charge in [0.25, 0.3) is 0 Å². The first kappa shape index (κ1) is 30.2. The Morgan fingerprint density at radius 1 is 1.12 bits per heavy atom. The van der Waals surface area contributed by atoms with Crippen LogP contribution in [0.2, 0.25) is 0 Å². The third-order valence-corrected chi connectivity index (χ3v) is 8.40. The predicted octanol–water partition coefficient (Wildman–Crippen LogP) is 7.17. The Balaban J connectivity index is 1.58. The van der Waals surface area contributed by atoms with Gasteiger partial charge < -0.3 is 29.0 Å². The van der Waals surface area contributed by atoms with Gasteiger partial charge in [0.15, 0.2) is 5.82 Å². The van der Waals surface area contributed by atoms with Crippen molar-refractivity contribution in [2.45, 2.75) is 89.9 Å². The van der Waals surface area contributed by atoms with Crippen LogP contribution < -0.4 is 9.64 Å². The third kappa shape index (κ3) is 5.49. The summed E-state index contributed by atoms with van der Waals surface area (Å²) in [6.45, 7) is 9.39. The normalized spacial score (nSPS) is 19.8. The fourth-order valence-electron chi connectivity index (χ4n) is 6.73. The number of hydrogen-bond donors (Lipinski definition) is 1. The number of hydrogen-bond acceptors (Lipinski definition) is 7. The first-order valence-electron chi connectivity index (χ1n) is 14.7. The molecular formula is C33H39FN4O5. The van der Waals surface area contributed by atoms with Crippen LogP contribution in [-0.2, 0) is 9.47 Å². The summed E-state index contributed by atoms with van der Waals surface area (Å²) in [5.74, 6) is -0.362. The second-order valence-corrected chi connectivity index (χ2v) is 12.6. The summed E-state index contributed by atoms with van der Waals surface area (Å²) in [6.07, 6.45) is 2.53. The quantitative estimate of drug-likeness (QED) is 0.303. The maximum Gasteiger partial charge on any atom is 0.410 e. The summed E-state index contributed by atoms with van der Waals surface area (Å²) in [5.41, 5.74) is 1.41. The number of ether oxygens (including phenoxy) is 3. The molecule has 10 heteroatoms. The minimum absolute atomic E-state index is 0.0541. The lowest BCUT2D eigenvalue weighted by atomic mass is 9.84. The number of amides is 1. The predicted molar refractivity (Wildman–Crippen MR) is 161 cm³/mol. The number of anilines is 2. The number of aromatic nitrogens is 1. The molecule has 5 rings (SSSR count). The number of nitrogens with zero attached hydrogens (tertiary/aromatic N) is 3. The smallest absolute Gasteiger partial charge is 0.410 e. The van der Waals surface area contributed by atoms with Gasteiger partial charge >= 0.3 is 12.1 Å². The number of fused-ring (bicyclic) bond motifs is 3. The van der Waals surface area contributed by atoms with Crippen LogP contribution in [-0.4, -0.2) is 59.9 Å². The largest absolute Gasteiger partial charge is 0.496 e. The molecule has 0 saturated carbocycles. The lowest BCUT2D eigenvalue weighted by Crippen LogP contribution is -2.48. The Labute approximate surface area is 251 Å². The fourth-order valence-corrected chi connectivity index (χ4v) is 6.73. The van der Waals surface area contributed by atoms with E-state index in [1.807, 2.05) is 39.5 Å². The number of H-pyrrole nitrogens is 1. The summed E-state index contributed by atoms with van der Waals surface area (Å²) in [5, 5.41) is 10.0. The molecule has 2 unspecified atom stereocenters. The van der Waals surface area contributed by atoms with Crippen LogP contribution in [0.4, 0.5) is 20.7 Å². The van der Waals surface area contributed by atoms with E-state index < -0.39 is 17.4 Å². The van der Waals surface area contributed by atoms with Crippen LogP contribution in [0.15, 0.2) is 30.3 Å². The minimum atomic E-state index is -0.598. The van der Waals surface area contributed by atoms with Gasteiger partial charge in [-0.3, -0.25) is 0 Å². The molecule has 1 amide bonds. The molecule has 2 aromatic carbocycles. The minimum Gasteiger partial charge on any atom is -0.496 e. The molecule has 3 heterocycles. The molecule has 2 aliphatic heterocycles. The average Bonchev–Trinajstić information content (AvgIpc) is 3.45. The molecule has 228 valence electrons. The van der Waals surface area contributed by atoms with Gasteiger partial charge in [0, 0.05) is 34.6 Å². The van der Waals surface area contributed by atoms with Gasteiger partial charge in [-0.2, -0.15) is 5.26 Å². The van der Waals surface area contributed by atoms with Crippen LogP contribution in [0.25, 0.3) is 10.9 Å². The zero-order chi connectivity index (χ0) is 31.2. The van der Waals surface area contributed by atoms with Gasteiger partial charge in [0.1, 0.15) is 22.7 Å².